The van der Waals surface area contributed by atoms with Gasteiger partial charge in [-0.05, 0) is 18.9 Å². The van der Waals surface area contributed by atoms with Crippen LogP contribution in [0.15, 0.2) is 24.7 Å². The lowest BCUT2D eigenvalue weighted by Crippen LogP contribution is -2.44. The van der Waals surface area contributed by atoms with Crippen molar-refractivity contribution in [2.24, 2.45) is 0 Å². The van der Waals surface area contributed by atoms with Crippen molar-refractivity contribution in [2.75, 3.05) is 18.0 Å². The standard InChI is InChI=1S/C18H15ClFN7O/c19-10-6-11-12(8-24-15(11)23-7-10)16-25-9-13(20)17(26-16)27-5-1-2-14(27)18(28)22-4-3-21/h6-9,14H,1-2,4-5H2,(H,22,28)(H,23,24)/t14-/m1/s1. The molecular formula is C18H15ClFN7O. The number of nitriles is 1. The maximum Gasteiger partial charge on any atom is 0.243 e. The number of aromatic nitrogens is 4. The normalized spacial score (nSPS) is 16.3. The lowest BCUT2D eigenvalue weighted by atomic mass is 10.2. The highest BCUT2D eigenvalue weighted by molar-refractivity contribution is 6.31. The number of halogens is 2. The summed E-state index contributed by atoms with van der Waals surface area (Å²) in [6, 6.07) is 3.02. The number of carbonyl (C=O) groups is 1. The molecule has 0 radical (unpaired) electrons. The lowest BCUT2D eigenvalue weighted by Gasteiger charge is -2.25. The monoisotopic (exact) mass is 399 g/mol. The Kier molecular flexibility index (Phi) is 4.79. The Morgan fingerprint density at radius 2 is 2.32 bits per heavy atom. The van der Waals surface area contributed by atoms with Crippen LogP contribution in [0.25, 0.3) is 22.4 Å². The molecule has 1 saturated heterocycles. The van der Waals surface area contributed by atoms with E-state index in [-0.39, 0.29) is 18.3 Å². The number of aromatic amines is 1. The zero-order chi connectivity index (χ0) is 19.7. The fourth-order valence-electron chi connectivity index (χ4n) is 3.39. The summed E-state index contributed by atoms with van der Waals surface area (Å²) in [6.07, 6.45) is 5.58. The smallest absolute Gasteiger partial charge is 0.243 e. The third-order valence-corrected chi connectivity index (χ3v) is 4.84. The van der Waals surface area contributed by atoms with E-state index in [9.17, 15) is 9.18 Å². The maximum absolute atomic E-state index is 14.5. The first-order valence-corrected chi connectivity index (χ1v) is 9.03. The van der Waals surface area contributed by atoms with Gasteiger partial charge in [0.1, 0.15) is 18.2 Å². The quantitative estimate of drug-likeness (QED) is 0.652. The second kappa shape index (κ2) is 7.40. The van der Waals surface area contributed by atoms with E-state index in [1.165, 1.54) is 6.20 Å². The van der Waals surface area contributed by atoms with Crippen LogP contribution in [0.5, 0.6) is 0 Å². The maximum atomic E-state index is 14.5. The molecular weight excluding hydrogens is 385 g/mol. The van der Waals surface area contributed by atoms with E-state index in [0.717, 1.165) is 18.0 Å². The van der Waals surface area contributed by atoms with Crippen LogP contribution in [0.2, 0.25) is 5.02 Å². The first-order valence-electron chi connectivity index (χ1n) is 8.65. The molecule has 0 unspecified atom stereocenters. The van der Waals surface area contributed by atoms with E-state index in [4.69, 9.17) is 16.9 Å². The Morgan fingerprint density at radius 3 is 3.14 bits per heavy atom. The van der Waals surface area contributed by atoms with Crippen LogP contribution in [0.3, 0.4) is 0 Å². The van der Waals surface area contributed by atoms with Gasteiger partial charge in [0.05, 0.1) is 17.3 Å². The third-order valence-electron chi connectivity index (χ3n) is 4.63. The average molecular weight is 400 g/mol. The highest BCUT2D eigenvalue weighted by Gasteiger charge is 2.33. The fraction of sp³-hybridized carbons (Fsp3) is 0.278. The molecule has 1 fully saturated rings. The molecule has 0 saturated carbocycles. The van der Waals surface area contributed by atoms with Gasteiger partial charge in [-0.3, -0.25) is 4.79 Å². The molecule has 8 nitrogen and oxygen atoms in total. The molecule has 0 bridgehead atoms. The zero-order valence-corrected chi connectivity index (χ0v) is 15.4. The van der Waals surface area contributed by atoms with Gasteiger partial charge in [-0.25, -0.2) is 19.3 Å². The second-order valence-corrected chi connectivity index (χ2v) is 6.78. The summed E-state index contributed by atoms with van der Waals surface area (Å²) in [5.74, 6) is -0.569. The Morgan fingerprint density at radius 1 is 1.46 bits per heavy atom. The molecule has 142 valence electrons. The van der Waals surface area contributed by atoms with E-state index in [1.54, 1.807) is 17.2 Å². The van der Waals surface area contributed by atoms with Crippen LogP contribution in [0.4, 0.5) is 10.2 Å². The van der Waals surface area contributed by atoms with Gasteiger partial charge in [0.15, 0.2) is 17.5 Å². The van der Waals surface area contributed by atoms with Gasteiger partial charge in [-0.2, -0.15) is 5.26 Å². The van der Waals surface area contributed by atoms with Crippen molar-refractivity contribution in [1.29, 1.82) is 5.26 Å². The number of H-pyrrole nitrogens is 1. The molecule has 1 atom stereocenters. The van der Waals surface area contributed by atoms with Crippen LogP contribution in [0.1, 0.15) is 12.8 Å². The summed E-state index contributed by atoms with van der Waals surface area (Å²) >= 11 is 6.04. The molecule has 10 heteroatoms. The van der Waals surface area contributed by atoms with Gasteiger partial charge in [-0.1, -0.05) is 11.6 Å². The molecule has 2 N–H and O–H groups in total. The molecule has 4 rings (SSSR count). The molecule has 0 spiro atoms. The minimum absolute atomic E-state index is 0.0592. The van der Waals surface area contributed by atoms with Crippen molar-refractivity contribution in [3.63, 3.8) is 0 Å². The Hall–Kier alpha value is -3.25. The Labute approximate surface area is 164 Å². The highest BCUT2D eigenvalue weighted by Crippen LogP contribution is 2.31. The van der Waals surface area contributed by atoms with Crippen LogP contribution in [-0.4, -0.2) is 45.0 Å². The van der Waals surface area contributed by atoms with Crippen molar-refractivity contribution in [3.05, 3.63) is 35.5 Å². The van der Waals surface area contributed by atoms with E-state index in [1.807, 2.05) is 6.07 Å². The average Bonchev–Trinajstić information content (AvgIpc) is 3.33. The molecule has 0 aromatic carbocycles. The topological polar surface area (TPSA) is 111 Å². The minimum atomic E-state index is -0.611. The SMILES string of the molecule is N#CCNC(=O)[C@H]1CCCN1c1nc(-c2c[nH]c3ncc(Cl)cc23)ncc1F. The summed E-state index contributed by atoms with van der Waals surface area (Å²) in [5.41, 5.74) is 1.25. The summed E-state index contributed by atoms with van der Waals surface area (Å²) in [5, 5.41) is 12.4. The molecule has 1 amide bonds. The van der Waals surface area contributed by atoms with Crippen molar-refractivity contribution in [1.82, 2.24) is 25.3 Å². The van der Waals surface area contributed by atoms with Gasteiger partial charge in [0.2, 0.25) is 5.91 Å². The van der Waals surface area contributed by atoms with Gasteiger partial charge < -0.3 is 15.2 Å². The number of hydrogen-bond acceptors (Lipinski definition) is 6. The van der Waals surface area contributed by atoms with Gasteiger partial charge in [0, 0.05) is 29.9 Å². The third kappa shape index (κ3) is 3.23. The number of hydrogen-bond donors (Lipinski definition) is 2. The molecule has 3 aromatic rings. The molecule has 1 aliphatic rings. The number of anilines is 1. The Balaban J connectivity index is 1.72. The predicted molar refractivity (Wildman–Crippen MR) is 101 cm³/mol. The number of nitrogens with zero attached hydrogens (tertiary/aromatic N) is 5. The number of fused-ring (bicyclic) bond motifs is 1. The molecule has 1 aliphatic heterocycles. The van der Waals surface area contributed by atoms with E-state index in [0.29, 0.717) is 35.0 Å². The van der Waals surface area contributed by atoms with Crippen molar-refractivity contribution in [2.45, 2.75) is 18.9 Å². The predicted octanol–water partition coefficient (Wildman–Crippen LogP) is 2.42. The van der Waals surface area contributed by atoms with E-state index < -0.39 is 11.9 Å². The fourth-order valence-corrected chi connectivity index (χ4v) is 3.55. The zero-order valence-electron chi connectivity index (χ0n) is 14.6. The van der Waals surface area contributed by atoms with Crippen LogP contribution < -0.4 is 10.2 Å². The number of nitrogens with one attached hydrogen (secondary N) is 2. The van der Waals surface area contributed by atoms with Crippen molar-refractivity contribution >= 4 is 34.4 Å². The molecule has 0 aliphatic carbocycles. The van der Waals surface area contributed by atoms with E-state index in [2.05, 4.69) is 25.3 Å². The van der Waals surface area contributed by atoms with Gasteiger partial charge in [0.25, 0.3) is 0 Å². The van der Waals surface area contributed by atoms with E-state index >= 15 is 0 Å². The Bertz CT molecular complexity index is 1090. The first kappa shape index (κ1) is 18.1. The van der Waals surface area contributed by atoms with Crippen LogP contribution >= 0.6 is 11.6 Å². The first-order chi connectivity index (χ1) is 13.6. The summed E-state index contributed by atoms with van der Waals surface area (Å²) < 4.78 is 14.5. The number of pyridine rings is 1. The largest absolute Gasteiger partial charge is 0.345 e. The van der Waals surface area contributed by atoms with Gasteiger partial charge in [-0.15, -0.1) is 0 Å². The number of rotatable bonds is 4. The van der Waals surface area contributed by atoms with Crippen molar-refractivity contribution in [3.8, 4) is 17.5 Å². The minimum Gasteiger partial charge on any atom is -0.345 e. The molecule has 4 heterocycles. The van der Waals surface area contributed by atoms with Gasteiger partial charge >= 0.3 is 0 Å². The lowest BCUT2D eigenvalue weighted by molar-refractivity contribution is -0.121. The summed E-state index contributed by atoms with van der Waals surface area (Å²) in [7, 11) is 0. The van der Waals surface area contributed by atoms with Crippen molar-refractivity contribution < 1.29 is 9.18 Å². The second-order valence-electron chi connectivity index (χ2n) is 6.34. The summed E-state index contributed by atoms with van der Waals surface area (Å²) in [6.45, 7) is 0.392. The summed E-state index contributed by atoms with van der Waals surface area (Å²) in [4.78, 5) is 29.7. The molecule has 3 aromatic heterocycles. The molecule has 28 heavy (non-hydrogen) atoms. The highest BCUT2D eigenvalue weighted by atomic mass is 35.5. The van der Waals surface area contributed by atoms with Crippen LogP contribution in [0, 0.1) is 17.1 Å². The number of carbonyl (C=O) groups excluding carboxylic acids is 1. The number of amides is 1. The van der Waals surface area contributed by atoms with Crippen LogP contribution in [-0.2, 0) is 4.79 Å².